The first-order valence-corrected chi connectivity index (χ1v) is 6.73. The summed E-state index contributed by atoms with van der Waals surface area (Å²) in [5.41, 5.74) is 0. The molecule has 0 fully saturated rings. The molecular formula is C10H11ClNO4S-. The highest BCUT2D eigenvalue weighted by Gasteiger charge is 2.12. The van der Waals surface area contributed by atoms with E-state index in [0.29, 0.717) is 5.02 Å². The first-order chi connectivity index (χ1) is 7.92. The van der Waals surface area contributed by atoms with E-state index in [1.165, 1.54) is 24.3 Å². The Labute approximate surface area is 104 Å². The van der Waals surface area contributed by atoms with E-state index in [1.807, 2.05) is 0 Å². The van der Waals surface area contributed by atoms with Gasteiger partial charge in [0.2, 0.25) is 10.0 Å². The van der Waals surface area contributed by atoms with Crippen LogP contribution in [0.2, 0.25) is 5.02 Å². The molecule has 0 aliphatic rings. The molecule has 0 spiro atoms. The molecule has 0 aliphatic heterocycles. The monoisotopic (exact) mass is 276 g/mol. The molecule has 1 aromatic carbocycles. The highest BCUT2D eigenvalue weighted by atomic mass is 35.5. The second kappa shape index (κ2) is 6.00. The second-order valence-corrected chi connectivity index (χ2v) is 5.53. The Bertz CT molecular complexity index is 484. The van der Waals surface area contributed by atoms with Crippen molar-refractivity contribution in [2.24, 2.45) is 0 Å². The van der Waals surface area contributed by atoms with Gasteiger partial charge in [0.1, 0.15) is 0 Å². The van der Waals surface area contributed by atoms with Crippen molar-refractivity contribution in [2.75, 3.05) is 6.54 Å². The number of carboxylic acid groups (broad SMARTS) is 1. The van der Waals surface area contributed by atoms with E-state index in [4.69, 9.17) is 11.6 Å². The number of hydrogen-bond acceptors (Lipinski definition) is 4. The first kappa shape index (κ1) is 14.0. The van der Waals surface area contributed by atoms with Gasteiger partial charge < -0.3 is 9.90 Å². The molecular weight excluding hydrogens is 266 g/mol. The Balaban J connectivity index is 2.57. The summed E-state index contributed by atoms with van der Waals surface area (Å²) >= 11 is 5.64. The average Bonchev–Trinajstić information content (AvgIpc) is 2.25. The predicted molar refractivity (Wildman–Crippen MR) is 60.9 cm³/mol. The summed E-state index contributed by atoms with van der Waals surface area (Å²) in [6.07, 6.45) is 0.0122. The van der Waals surface area contributed by atoms with Gasteiger partial charge in [-0.2, -0.15) is 0 Å². The van der Waals surface area contributed by atoms with Gasteiger partial charge in [0.15, 0.2) is 0 Å². The van der Waals surface area contributed by atoms with Crippen LogP contribution in [-0.2, 0) is 14.8 Å². The fraction of sp³-hybridized carbons (Fsp3) is 0.300. The van der Waals surface area contributed by atoms with Crippen LogP contribution in [0.25, 0.3) is 0 Å². The van der Waals surface area contributed by atoms with Crippen molar-refractivity contribution in [3.05, 3.63) is 29.3 Å². The number of rotatable bonds is 6. The summed E-state index contributed by atoms with van der Waals surface area (Å²) in [4.78, 5) is 10.2. The molecule has 5 nitrogen and oxygen atoms in total. The quantitative estimate of drug-likeness (QED) is 0.749. The number of benzene rings is 1. The van der Waals surface area contributed by atoms with Crippen LogP contribution in [0, 0.1) is 0 Å². The Morgan fingerprint density at radius 1 is 1.29 bits per heavy atom. The molecule has 0 bridgehead atoms. The fourth-order valence-electron chi connectivity index (χ4n) is 1.14. The SMILES string of the molecule is O=C([O-])CCCNS(=O)(=O)c1ccc(Cl)cc1. The lowest BCUT2D eigenvalue weighted by atomic mass is 10.3. The predicted octanol–water partition coefficient (Wildman–Crippen LogP) is 0.148. The highest BCUT2D eigenvalue weighted by molar-refractivity contribution is 7.89. The van der Waals surface area contributed by atoms with E-state index >= 15 is 0 Å². The van der Waals surface area contributed by atoms with Crippen molar-refractivity contribution in [1.82, 2.24) is 4.72 Å². The van der Waals surface area contributed by atoms with Gasteiger partial charge in [-0.3, -0.25) is 0 Å². The van der Waals surface area contributed by atoms with E-state index < -0.39 is 16.0 Å². The van der Waals surface area contributed by atoms with Crippen molar-refractivity contribution in [1.29, 1.82) is 0 Å². The number of halogens is 1. The molecule has 0 aliphatic carbocycles. The van der Waals surface area contributed by atoms with Crippen LogP contribution in [0.1, 0.15) is 12.8 Å². The summed E-state index contributed by atoms with van der Waals surface area (Å²) < 4.78 is 25.6. The standard InChI is InChI=1S/C10H12ClNO4S/c11-8-3-5-9(6-4-8)17(15,16)12-7-1-2-10(13)14/h3-6,12H,1-2,7H2,(H,13,14)/p-1. The minimum atomic E-state index is -3.60. The number of carboxylic acids is 1. The van der Waals surface area contributed by atoms with Crippen LogP contribution in [0.4, 0.5) is 0 Å². The third kappa shape index (κ3) is 4.72. The molecule has 0 radical (unpaired) electrons. The molecule has 0 heterocycles. The topological polar surface area (TPSA) is 86.3 Å². The van der Waals surface area contributed by atoms with Crippen LogP contribution < -0.4 is 9.83 Å². The number of aliphatic carboxylic acids is 1. The van der Waals surface area contributed by atoms with Crippen molar-refractivity contribution >= 4 is 27.6 Å². The summed E-state index contributed by atoms with van der Waals surface area (Å²) in [5.74, 6) is -1.20. The van der Waals surface area contributed by atoms with Crippen LogP contribution in [0.3, 0.4) is 0 Å². The molecule has 0 amide bonds. The smallest absolute Gasteiger partial charge is 0.240 e. The molecule has 0 saturated carbocycles. The molecule has 1 rings (SSSR count). The van der Waals surface area contributed by atoms with Crippen LogP contribution in [0.5, 0.6) is 0 Å². The Morgan fingerprint density at radius 3 is 2.41 bits per heavy atom. The summed E-state index contributed by atoms with van der Waals surface area (Å²) in [5, 5.41) is 10.6. The zero-order valence-corrected chi connectivity index (χ0v) is 10.4. The van der Waals surface area contributed by atoms with Crippen molar-refractivity contribution in [2.45, 2.75) is 17.7 Å². The van der Waals surface area contributed by atoms with Gasteiger partial charge in [-0.25, -0.2) is 13.1 Å². The normalized spacial score (nSPS) is 11.4. The molecule has 0 aromatic heterocycles. The minimum absolute atomic E-state index is 0.0545. The Hall–Kier alpha value is -1.11. The molecule has 0 unspecified atom stereocenters. The third-order valence-electron chi connectivity index (χ3n) is 1.97. The molecule has 7 heteroatoms. The summed E-state index contributed by atoms with van der Waals surface area (Å²) in [7, 11) is -3.60. The van der Waals surface area contributed by atoms with E-state index in [-0.39, 0.29) is 24.3 Å². The van der Waals surface area contributed by atoms with E-state index in [2.05, 4.69) is 4.72 Å². The van der Waals surface area contributed by atoms with Crippen LogP contribution >= 0.6 is 11.6 Å². The minimum Gasteiger partial charge on any atom is -0.550 e. The number of carbonyl (C=O) groups is 1. The largest absolute Gasteiger partial charge is 0.550 e. The fourth-order valence-corrected chi connectivity index (χ4v) is 2.34. The molecule has 0 atom stereocenters. The summed E-state index contributed by atoms with van der Waals surface area (Å²) in [6.45, 7) is 0.0545. The van der Waals surface area contributed by atoms with Gasteiger partial charge in [0.05, 0.1) is 4.90 Å². The third-order valence-corrected chi connectivity index (χ3v) is 3.70. The van der Waals surface area contributed by atoms with Gasteiger partial charge in [0.25, 0.3) is 0 Å². The number of sulfonamides is 1. The molecule has 1 N–H and O–H groups in total. The Kier molecular flexibility index (Phi) is 4.92. The van der Waals surface area contributed by atoms with Gasteiger partial charge in [0, 0.05) is 17.5 Å². The number of hydrogen-bond donors (Lipinski definition) is 1. The zero-order chi connectivity index (χ0) is 12.9. The van der Waals surface area contributed by atoms with Gasteiger partial charge in [-0.15, -0.1) is 0 Å². The number of nitrogens with one attached hydrogen (secondary N) is 1. The van der Waals surface area contributed by atoms with Crippen molar-refractivity contribution in [3.63, 3.8) is 0 Å². The lowest BCUT2D eigenvalue weighted by molar-refractivity contribution is -0.305. The summed E-state index contributed by atoms with van der Waals surface area (Å²) in [6, 6.07) is 5.70. The van der Waals surface area contributed by atoms with Gasteiger partial charge in [-0.1, -0.05) is 11.6 Å². The molecule has 17 heavy (non-hydrogen) atoms. The maximum Gasteiger partial charge on any atom is 0.240 e. The zero-order valence-electron chi connectivity index (χ0n) is 8.85. The van der Waals surface area contributed by atoms with Crippen LogP contribution in [0.15, 0.2) is 29.2 Å². The van der Waals surface area contributed by atoms with E-state index in [1.54, 1.807) is 0 Å². The molecule has 94 valence electrons. The van der Waals surface area contributed by atoms with Crippen molar-refractivity contribution < 1.29 is 18.3 Å². The first-order valence-electron chi connectivity index (χ1n) is 4.87. The van der Waals surface area contributed by atoms with E-state index in [9.17, 15) is 18.3 Å². The van der Waals surface area contributed by atoms with Crippen molar-refractivity contribution in [3.8, 4) is 0 Å². The highest BCUT2D eigenvalue weighted by Crippen LogP contribution is 2.13. The van der Waals surface area contributed by atoms with Gasteiger partial charge >= 0.3 is 0 Å². The number of carbonyl (C=O) groups excluding carboxylic acids is 1. The lowest BCUT2D eigenvalue weighted by Gasteiger charge is -2.07. The molecule has 0 saturated heterocycles. The molecule has 1 aromatic rings. The lowest BCUT2D eigenvalue weighted by Crippen LogP contribution is -2.27. The van der Waals surface area contributed by atoms with E-state index in [0.717, 1.165) is 0 Å². The van der Waals surface area contributed by atoms with Gasteiger partial charge in [-0.05, 0) is 37.1 Å². The maximum absolute atomic E-state index is 11.7. The van der Waals surface area contributed by atoms with Crippen LogP contribution in [-0.4, -0.2) is 20.9 Å². The second-order valence-electron chi connectivity index (χ2n) is 3.33. The maximum atomic E-state index is 11.7. The average molecular weight is 277 g/mol. The Morgan fingerprint density at radius 2 is 1.88 bits per heavy atom.